The van der Waals surface area contributed by atoms with E-state index in [1.165, 1.54) is 0 Å². The number of nitrogens with zero attached hydrogens (tertiary/aromatic N) is 1. The molecule has 0 saturated carbocycles. The van der Waals surface area contributed by atoms with E-state index in [9.17, 15) is 9.59 Å². The molecule has 1 atom stereocenters. The van der Waals surface area contributed by atoms with Crippen molar-refractivity contribution in [2.75, 3.05) is 0 Å². The van der Waals surface area contributed by atoms with E-state index in [1.807, 2.05) is 52.0 Å². The van der Waals surface area contributed by atoms with Crippen molar-refractivity contribution in [3.8, 4) is 0 Å². The van der Waals surface area contributed by atoms with Crippen LogP contribution in [0, 0.1) is 19.8 Å². The highest BCUT2D eigenvalue weighted by molar-refractivity contribution is 5.97. The van der Waals surface area contributed by atoms with Gasteiger partial charge in [0.2, 0.25) is 5.91 Å². The summed E-state index contributed by atoms with van der Waals surface area (Å²) in [4.78, 5) is 29.2. The van der Waals surface area contributed by atoms with Gasteiger partial charge in [0.05, 0.1) is 0 Å². The van der Waals surface area contributed by atoms with Gasteiger partial charge in [-0.25, -0.2) is 0 Å². The maximum atomic E-state index is 12.6. The van der Waals surface area contributed by atoms with Gasteiger partial charge in [-0.05, 0) is 61.1 Å². The highest BCUT2D eigenvalue weighted by Crippen LogP contribution is 2.11. The Morgan fingerprint density at radius 2 is 1.88 bits per heavy atom. The van der Waals surface area contributed by atoms with Gasteiger partial charge in [-0.3, -0.25) is 14.6 Å². The molecule has 2 amide bonds. The minimum Gasteiger partial charge on any atom is -0.350 e. The van der Waals surface area contributed by atoms with Crippen molar-refractivity contribution in [1.82, 2.24) is 15.6 Å². The fourth-order valence-electron chi connectivity index (χ4n) is 2.64. The smallest absolute Gasteiger partial charge is 0.251 e. The Kier molecular flexibility index (Phi) is 6.89. The molecule has 1 aromatic carbocycles. The lowest BCUT2D eigenvalue weighted by atomic mass is 10.0. The highest BCUT2D eigenvalue weighted by Gasteiger charge is 2.22. The van der Waals surface area contributed by atoms with Crippen LogP contribution in [0.5, 0.6) is 0 Å². The fourth-order valence-corrected chi connectivity index (χ4v) is 2.64. The van der Waals surface area contributed by atoms with Crippen molar-refractivity contribution in [2.24, 2.45) is 5.92 Å². The molecule has 5 heteroatoms. The normalized spacial score (nSPS) is 11.9. The lowest BCUT2D eigenvalue weighted by Crippen LogP contribution is -2.47. The van der Waals surface area contributed by atoms with E-state index in [1.54, 1.807) is 18.5 Å². The van der Waals surface area contributed by atoms with Crippen LogP contribution in [0.3, 0.4) is 0 Å². The largest absolute Gasteiger partial charge is 0.350 e. The Morgan fingerprint density at radius 1 is 1.12 bits per heavy atom. The van der Waals surface area contributed by atoms with E-state index in [2.05, 4.69) is 15.6 Å². The first-order valence-corrected chi connectivity index (χ1v) is 8.91. The average molecular weight is 353 g/mol. The molecule has 0 spiro atoms. The van der Waals surface area contributed by atoms with E-state index in [4.69, 9.17) is 0 Å². The molecule has 5 nitrogen and oxygen atoms in total. The Hall–Kier alpha value is -2.69. The van der Waals surface area contributed by atoms with Gasteiger partial charge in [0, 0.05) is 24.5 Å². The van der Waals surface area contributed by atoms with Gasteiger partial charge in [0.1, 0.15) is 6.04 Å². The number of aromatic nitrogens is 1. The fraction of sp³-hybridized carbons (Fsp3) is 0.381. The molecule has 0 aliphatic heterocycles. The predicted molar refractivity (Wildman–Crippen MR) is 103 cm³/mol. The molecule has 0 saturated heterocycles. The SMILES string of the molecule is Cc1ccc(C(=O)N[C@@H](CC(C)C)C(=O)NCc2cccnc2)cc1C. The summed E-state index contributed by atoms with van der Waals surface area (Å²) in [6, 6.07) is 8.72. The maximum Gasteiger partial charge on any atom is 0.251 e. The van der Waals surface area contributed by atoms with Gasteiger partial charge in [0.15, 0.2) is 0 Å². The van der Waals surface area contributed by atoms with Crippen molar-refractivity contribution in [1.29, 1.82) is 0 Å². The summed E-state index contributed by atoms with van der Waals surface area (Å²) < 4.78 is 0. The predicted octanol–water partition coefficient (Wildman–Crippen LogP) is 3.16. The summed E-state index contributed by atoms with van der Waals surface area (Å²) in [6.45, 7) is 8.43. The molecule has 1 heterocycles. The number of hydrogen-bond acceptors (Lipinski definition) is 3. The van der Waals surface area contributed by atoms with Crippen LogP contribution in [0.1, 0.15) is 47.3 Å². The summed E-state index contributed by atoms with van der Waals surface area (Å²) in [6.07, 6.45) is 3.98. The standard InChI is InChI=1S/C21H27N3O2/c1-14(2)10-19(21(26)23-13-17-6-5-9-22-12-17)24-20(25)18-8-7-15(3)16(4)11-18/h5-9,11-12,14,19H,10,13H2,1-4H3,(H,23,26)(H,24,25)/t19-/m0/s1. The summed E-state index contributed by atoms with van der Waals surface area (Å²) >= 11 is 0. The zero-order valence-corrected chi connectivity index (χ0v) is 15.9. The first kappa shape index (κ1) is 19.6. The van der Waals surface area contributed by atoms with Crippen molar-refractivity contribution >= 4 is 11.8 Å². The second-order valence-corrected chi connectivity index (χ2v) is 7.03. The maximum absolute atomic E-state index is 12.6. The Labute approximate surface area is 155 Å². The third-order valence-corrected chi connectivity index (χ3v) is 4.29. The first-order chi connectivity index (χ1) is 12.4. The van der Waals surface area contributed by atoms with Crippen LogP contribution in [0.15, 0.2) is 42.7 Å². The molecule has 26 heavy (non-hydrogen) atoms. The van der Waals surface area contributed by atoms with Gasteiger partial charge in [-0.1, -0.05) is 26.0 Å². The van der Waals surface area contributed by atoms with Crippen LogP contribution >= 0.6 is 0 Å². The second-order valence-electron chi connectivity index (χ2n) is 7.03. The molecule has 0 fully saturated rings. The monoisotopic (exact) mass is 353 g/mol. The molecule has 1 aromatic heterocycles. The number of carbonyl (C=O) groups excluding carboxylic acids is 2. The first-order valence-electron chi connectivity index (χ1n) is 8.91. The molecule has 0 unspecified atom stereocenters. The van der Waals surface area contributed by atoms with Crippen LogP contribution in [-0.4, -0.2) is 22.8 Å². The van der Waals surface area contributed by atoms with Crippen molar-refractivity contribution < 1.29 is 9.59 Å². The van der Waals surface area contributed by atoms with Gasteiger partial charge < -0.3 is 10.6 Å². The quantitative estimate of drug-likeness (QED) is 0.803. The van der Waals surface area contributed by atoms with Gasteiger partial charge in [-0.15, -0.1) is 0 Å². The molecular weight excluding hydrogens is 326 g/mol. The minimum atomic E-state index is -0.569. The number of hydrogen-bond donors (Lipinski definition) is 2. The van der Waals surface area contributed by atoms with E-state index in [0.29, 0.717) is 18.5 Å². The molecule has 138 valence electrons. The van der Waals surface area contributed by atoms with E-state index in [0.717, 1.165) is 16.7 Å². The lowest BCUT2D eigenvalue weighted by Gasteiger charge is -2.20. The number of nitrogens with one attached hydrogen (secondary N) is 2. The van der Waals surface area contributed by atoms with E-state index >= 15 is 0 Å². The topological polar surface area (TPSA) is 71.1 Å². The summed E-state index contributed by atoms with van der Waals surface area (Å²) in [5, 5.41) is 5.77. The molecule has 0 aliphatic carbocycles. The molecule has 0 bridgehead atoms. The molecular formula is C21H27N3O2. The van der Waals surface area contributed by atoms with Gasteiger partial charge in [-0.2, -0.15) is 0 Å². The number of pyridine rings is 1. The highest BCUT2D eigenvalue weighted by atomic mass is 16.2. The Morgan fingerprint density at radius 3 is 2.50 bits per heavy atom. The van der Waals surface area contributed by atoms with Gasteiger partial charge >= 0.3 is 0 Å². The van der Waals surface area contributed by atoms with Crippen LogP contribution in [-0.2, 0) is 11.3 Å². The molecule has 0 radical (unpaired) electrons. The van der Waals surface area contributed by atoms with Crippen LogP contribution in [0.4, 0.5) is 0 Å². The number of aryl methyl sites for hydroxylation is 2. The zero-order valence-electron chi connectivity index (χ0n) is 15.9. The number of rotatable bonds is 7. The van der Waals surface area contributed by atoms with Crippen molar-refractivity contribution in [3.63, 3.8) is 0 Å². The second kappa shape index (κ2) is 9.13. The van der Waals surface area contributed by atoms with Crippen LogP contribution < -0.4 is 10.6 Å². The minimum absolute atomic E-state index is 0.181. The number of benzene rings is 1. The third kappa shape index (κ3) is 5.69. The van der Waals surface area contributed by atoms with Crippen LogP contribution in [0.25, 0.3) is 0 Å². The molecule has 2 rings (SSSR count). The summed E-state index contributed by atoms with van der Waals surface area (Å²) in [7, 11) is 0. The number of amides is 2. The molecule has 0 aliphatic rings. The zero-order chi connectivity index (χ0) is 19.1. The summed E-state index contributed by atoms with van der Waals surface area (Å²) in [5.41, 5.74) is 3.68. The van der Waals surface area contributed by atoms with Crippen molar-refractivity contribution in [2.45, 2.75) is 46.7 Å². The third-order valence-electron chi connectivity index (χ3n) is 4.29. The van der Waals surface area contributed by atoms with E-state index < -0.39 is 6.04 Å². The van der Waals surface area contributed by atoms with Crippen molar-refractivity contribution in [3.05, 3.63) is 65.0 Å². The van der Waals surface area contributed by atoms with E-state index in [-0.39, 0.29) is 17.7 Å². The van der Waals surface area contributed by atoms with Crippen LogP contribution in [0.2, 0.25) is 0 Å². The number of carbonyl (C=O) groups is 2. The Bertz CT molecular complexity index is 757. The molecule has 2 N–H and O–H groups in total. The molecule has 2 aromatic rings. The Balaban J connectivity index is 2.04. The summed E-state index contributed by atoms with van der Waals surface area (Å²) in [5.74, 6) is -0.126. The lowest BCUT2D eigenvalue weighted by molar-refractivity contribution is -0.123. The van der Waals surface area contributed by atoms with Gasteiger partial charge in [0.25, 0.3) is 5.91 Å². The average Bonchev–Trinajstić information content (AvgIpc) is 2.61.